The van der Waals surface area contributed by atoms with Crippen molar-refractivity contribution in [3.8, 4) is 5.75 Å². The van der Waals surface area contributed by atoms with Gasteiger partial charge in [0.05, 0.1) is 12.3 Å². The lowest BCUT2D eigenvalue weighted by molar-refractivity contribution is 0.314. The highest BCUT2D eigenvalue weighted by atomic mass is 16.5. The maximum Gasteiger partial charge on any atom is 0.128 e. The van der Waals surface area contributed by atoms with E-state index in [4.69, 9.17) is 9.94 Å². The molecule has 0 radical (unpaired) electrons. The Morgan fingerprint density at radius 2 is 2.15 bits per heavy atom. The molecule has 3 nitrogen and oxygen atoms in total. The van der Waals surface area contributed by atoms with Gasteiger partial charge >= 0.3 is 0 Å². The molecule has 0 amide bonds. The van der Waals surface area contributed by atoms with Crippen molar-refractivity contribution >= 4 is 5.71 Å². The molecule has 0 spiro atoms. The topological polar surface area (TPSA) is 41.8 Å². The minimum Gasteiger partial charge on any atom is -0.493 e. The molecule has 0 saturated carbocycles. The van der Waals surface area contributed by atoms with Crippen molar-refractivity contribution < 1.29 is 9.94 Å². The first-order valence-electron chi connectivity index (χ1n) is 4.35. The monoisotopic (exact) mass is 177 g/mol. The SMILES string of the molecule is O/N=C1\CCCOc2ccccc21. The summed E-state index contributed by atoms with van der Waals surface area (Å²) in [6, 6.07) is 7.64. The fraction of sp³-hybridized carbons (Fsp3) is 0.300. The molecule has 2 rings (SSSR count). The highest BCUT2D eigenvalue weighted by Crippen LogP contribution is 2.23. The Hall–Kier alpha value is -1.51. The van der Waals surface area contributed by atoms with E-state index in [0.29, 0.717) is 12.3 Å². The molecule has 1 aromatic rings. The normalized spacial score (nSPS) is 18.9. The molecule has 1 heterocycles. The van der Waals surface area contributed by atoms with Crippen LogP contribution in [0.5, 0.6) is 5.75 Å². The van der Waals surface area contributed by atoms with Crippen LogP contribution in [0.2, 0.25) is 0 Å². The minimum atomic E-state index is 0.691. The Kier molecular flexibility index (Phi) is 2.17. The van der Waals surface area contributed by atoms with E-state index in [1.807, 2.05) is 24.3 Å². The lowest BCUT2D eigenvalue weighted by Gasteiger charge is -2.05. The lowest BCUT2D eigenvalue weighted by Crippen LogP contribution is -1.98. The van der Waals surface area contributed by atoms with E-state index >= 15 is 0 Å². The Morgan fingerprint density at radius 3 is 3.00 bits per heavy atom. The van der Waals surface area contributed by atoms with E-state index in [-0.39, 0.29) is 0 Å². The van der Waals surface area contributed by atoms with Crippen molar-refractivity contribution in [2.45, 2.75) is 12.8 Å². The summed E-state index contributed by atoms with van der Waals surface area (Å²) < 4.78 is 5.49. The van der Waals surface area contributed by atoms with Crippen LogP contribution in [0.3, 0.4) is 0 Å². The Balaban J connectivity index is 2.48. The maximum absolute atomic E-state index is 8.80. The van der Waals surface area contributed by atoms with Crippen LogP contribution < -0.4 is 4.74 Å². The van der Waals surface area contributed by atoms with E-state index in [1.54, 1.807) is 0 Å². The third-order valence-electron chi connectivity index (χ3n) is 2.13. The van der Waals surface area contributed by atoms with Gasteiger partial charge in [0.1, 0.15) is 5.75 Å². The van der Waals surface area contributed by atoms with E-state index in [0.717, 1.165) is 24.2 Å². The van der Waals surface area contributed by atoms with Gasteiger partial charge in [0.2, 0.25) is 0 Å². The molecule has 1 aromatic carbocycles. The van der Waals surface area contributed by atoms with Crippen LogP contribution in [0, 0.1) is 0 Å². The van der Waals surface area contributed by atoms with Gasteiger partial charge in [-0.15, -0.1) is 0 Å². The average Bonchev–Trinajstić information content (AvgIpc) is 2.39. The summed E-state index contributed by atoms with van der Waals surface area (Å²) in [5, 5.41) is 12.1. The third-order valence-corrected chi connectivity index (χ3v) is 2.13. The van der Waals surface area contributed by atoms with Crippen LogP contribution >= 0.6 is 0 Å². The second-order valence-corrected chi connectivity index (χ2v) is 2.99. The van der Waals surface area contributed by atoms with Gasteiger partial charge in [0, 0.05) is 5.56 Å². The van der Waals surface area contributed by atoms with Gasteiger partial charge < -0.3 is 9.94 Å². The second kappa shape index (κ2) is 3.47. The summed E-state index contributed by atoms with van der Waals surface area (Å²) in [4.78, 5) is 0. The molecule has 0 bridgehead atoms. The van der Waals surface area contributed by atoms with Crippen molar-refractivity contribution in [2.24, 2.45) is 5.16 Å². The van der Waals surface area contributed by atoms with Gasteiger partial charge in [-0.1, -0.05) is 17.3 Å². The summed E-state index contributed by atoms with van der Waals surface area (Å²) in [5.74, 6) is 0.813. The van der Waals surface area contributed by atoms with Gasteiger partial charge in [0.15, 0.2) is 0 Å². The Bertz CT molecular complexity index is 333. The second-order valence-electron chi connectivity index (χ2n) is 2.99. The molecule has 0 saturated heterocycles. The molecule has 1 N–H and O–H groups in total. The van der Waals surface area contributed by atoms with Gasteiger partial charge in [0.25, 0.3) is 0 Å². The van der Waals surface area contributed by atoms with Crippen molar-refractivity contribution in [1.82, 2.24) is 0 Å². The molecule has 1 aliphatic rings. The molecule has 0 aliphatic carbocycles. The summed E-state index contributed by atoms with van der Waals surface area (Å²) in [7, 11) is 0. The summed E-state index contributed by atoms with van der Waals surface area (Å²) in [6.45, 7) is 0.691. The van der Waals surface area contributed by atoms with E-state index in [9.17, 15) is 0 Å². The largest absolute Gasteiger partial charge is 0.493 e. The van der Waals surface area contributed by atoms with Gasteiger partial charge in [-0.3, -0.25) is 0 Å². The highest BCUT2D eigenvalue weighted by Gasteiger charge is 2.14. The number of nitrogens with zero attached hydrogens (tertiary/aromatic N) is 1. The van der Waals surface area contributed by atoms with Crippen molar-refractivity contribution in [3.63, 3.8) is 0 Å². The number of fused-ring (bicyclic) bond motifs is 1. The molecule has 0 unspecified atom stereocenters. The van der Waals surface area contributed by atoms with Gasteiger partial charge in [-0.2, -0.15) is 0 Å². The van der Waals surface area contributed by atoms with Crippen LogP contribution in [-0.4, -0.2) is 17.5 Å². The van der Waals surface area contributed by atoms with Crippen molar-refractivity contribution in [1.29, 1.82) is 0 Å². The third kappa shape index (κ3) is 1.49. The average molecular weight is 177 g/mol. The Labute approximate surface area is 76.6 Å². The van der Waals surface area contributed by atoms with Crippen molar-refractivity contribution in [3.05, 3.63) is 29.8 Å². The van der Waals surface area contributed by atoms with Crippen LogP contribution in [0.1, 0.15) is 18.4 Å². The van der Waals surface area contributed by atoms with Gasteiger partial charge in [-0.05, 0) is 25.0 Å². The fourth-order valence-electron chi connectivity index (χ4n) is 1.49. The maximum atomic E-state index is 8.80. The van der Waals surface area contributed by atoms with E-state index in [2.05, 4.69) is 5.16 Å². The molecule has 68 valence electrons. The van der Waals surface area contributed by atoms with E-state index in [1.165, 1.54) is 0 Å². The summed E-state index contributed by atoms with van der Waals surface area (Å²) in [6.07, 6.45) is 1.67. The van der Waals surface area contributed by atoms with Crippen molar-refractivity contribution in [2.75, 3.05) is 6.61 Å². The quantitative estimate of drug-likeness (QED) is 0.486. The number of ether oxygens (including phenoxy) is 1. The smallest absolute Gasteiger partial charge is 0.128 e. The molecule has 13 heavy (non-hydrogen) atoms. The summed E-state index contributed by atoms with van der Waals surface area (Å²) >= 11 is 0. The number of hydrogen-bond donors (Lipinski definition) is 1. The number of benzene rings is 1. The first kappa shape index (κ1) is 8.10. The van der Waals surface area contributed by atoms with Crippen LogP contribution in [0.25, 0.3) is 0 Å². The van der Waals surface area contributed by atoms with Crippen LogP contribution in [-0.2, 0) is 0 Å². The first-order chi connectivity index (χ1) is 6.42. The molecular formula is C10H11NO2. The standard InChI is InChI=1S/C10H11NO2/c12-11-9-5-3-7-13-10-6-2-1-4-8(9)10/h1-2,4,6,12H,3,5,7H2/b11-9+. The Morgan fingerprint density at radius 1 is 1.31 bits per heavy atom. The van der Waals surface area contributed by atoms with Crippen LogP contribution in [0.4, 0.5) is 0 Å². The molecule has 3 heteroatoms. The highest BCUT2D eigenvalue weighted by molar-refractivity contribution is 6.02. The molecular weight excluding hydrogens is 166 g/mol. The number of hydrogen-bond acceptors (Lipinski definition) is 3. The zero-order valence-electron chi connectivity index (χ0n) is 7.23. The number of oxime groups is 1. The van der Waals surface area contributed by atoms with Gasteiger partial charge in [-0.25, -0.2) is 0 Å². The minimum absolute atomic E-state index is 0.691. The van der Waals surface area contributed by atoms with Crippen LogP contribution in [0.15, 0.2) is 29.4 Å². The van der Waals surface area contributed by atoms with E-state index < -0.39 is 0 Å². The molecule has 0 atom stereocenters. The number of para-hydroxylation sites is 1. The number of rotatable bonds is 0. The zero-order chi connectivity index (χ0) is 9.10. The lowest BCUT2D eigenvalue weighted by atomic mass is 10.1. The molecule has 0 aromatic heterocycles. The summed E-state index contributed by atoms with van der Waals surface area (Å²) in [5.41, 5.74) is 1.62. The molecule has 1 aliphatic heterocycles. The first-order valence-corrected chi connectivity index (χ1v) is 4.35. The zero-order valence-corrected chi connectivity index (χ0v) is 7.23. The predicted molar refractivity (Wildman–Crippen MR) is 49.5 cm³/mol. The predicted octanol–water partition coefficient (Wildman–Crippen LogP) is 2.04. The molecule has 0 fully saturated rings. The fourth-order valence-corrected chi connectivity index (χ4v) is 1.49.